The van der Waals surface area contributed by atoms with E-state index >= 15 is 0 Å². The summed E-state index contributed by atoms with van der Waals surface area (Å²) in [7, 11) is 0. The zero-order valence-corrected chi connectivity index (χ0v) is 10.2. The van der Waals surface area contributed by atoms with E-state index in [0.29, 0.717) is 11.8 Å². The lowest BCUT2D eigenvalue weighted by Crippen LogP contribution is -2.03. The molecule has 0 unspecified atom stereocenters. The number of halogens is 3. The minimum atomic E-state index is -1.22. The van der Waals surface area contributed by atoms with E-state index in [1.165, 1.54) is 10.9 Å². The second kappa shape index (κ2) is 4.85. The van der Waals surface area contributed by atoms with E-state index in [1.54, 1.807) is 6.07 Å². The minimum Gasteiger partial charge on any atom is -0.230 e. The summed E-state index contributed by atoms with van der Waals surface area (Å²) in [5, 5.41) is 3.98. The maximum absolute atomic E-state index is 13.8. The van der Waals surface area contributed by atoms with Gasteiger partial charge in [-0.3, -0.25) is 0 Å². The van der Waals surface area contributed by atoms with Crippen LogP contribution < -0.4 is 0 Å². The Bertz CT molecular complexity index is 751. The molecular weight excluding hydrogens is 265 g/mol. The van der Waals surface area contributed by atoms with Crippen LogP contribution in [0.1, 0.15) is 0 Å². The molecule has 0 spiro atoms. The Morgan fingerprint density at radius 3 is 2.25 bits per heavy atom. The first-order valence-corrected chi connectivity index (χ1v) is 5.91. The highest BCUT2D eigenvalue weighted by atomic mass is 19.2. The summed E-state index contributed by atoms with van der Waals surface area (Å²) >= 11 is 0. The van der Waals surface area contributed by atoms with Crippen LogP contribution in [0, 0.1) is 17.5 Å². The quantitative estimate of drug-likeness (QED) is 0.647. The van der Waals surface area contributed by atoms with E-state index in [9.17, 15) is 13.2 Å². The highest BCUT2D eigenvalue weighted by Crippen LogP contribution is 2.24. The molecule has 0 atom stereocenters. The summed E-state index contributed by atoms with van der Waals surface area (Å²) in [5.41, 5.74) is 1.26. The number of hydrogen-bond donors (Lipinski definition) is 0. The SMILES string of the molecule is Fc1cc(F)c(-n2nccc2-c2ccccc2)cc1F. The molecule has 0 aliphatic carbocycles. The lowest BCUT2D eigenvalue weighted by Gasteiger charge is -2.09. The molecule has 0 saturated heterocycles. The van der Waals surface area contributed by atoms with Crippen molar-refractivity contribution in [3.63, 3.8) is 0 Å². The molecule has 1 aromatic heterocycles. The summed E-state index contributed by atoms with van der Waals surface area (Å²) in [6.45, 7) is 0. The van der Waals surface area contributed by atoms with Gasteiger partial charge in [-0.2, -0.15) is 5.10 Å². The van der Waals surface area contributed by atoms with Crippen LogP contribution in [0.25, 0.3) is 16.9 Å². The van der Waals surface area contributed by atoms with Gasteiger partial charge in [0, 0.05) is 17.7 Å². The molecular formula is C15H9F3N2. The Hall–Kier alpha value is -2.56. The van der Waals surface area contributed by atoms with Gasteiger partial charge in [0.15, 0.2) is 17.5 Å². The Kier molecular flexibility index (Phi) is 3.02. The van der Waals surface area contributed by atoms with E-state index in [2.05, 4.69) is 5.10 Å². The van der Waals surface area contributed by atoms with E-state index in [1.807, 2.05) is 30.3 Å². The summed E-state index contributed by atoms with van der Waals surface area (Å²) in [6, 6.07) is 12.1. The van der Waals surface area contributed by atoms with Crippen LogP contribution in [0.15, 0.2) is 54.7 Å². The summed E-state index contributed by atoms with van der Waals surface area (Å²) < 4.78 is 41.3. The first kappa shape index (κ1) is 12.5. The molecule has 1 heterocycles. The highest BCUT2D eigenvalue weighted by molar-refractivity contribution is 5.61. The lowest BCUT2D eigenvalue weighted by molar-refractivity contribution is 0.491. The molecule has 3 rings (SSSR count). The van der Waals surface area contributed by atoms with Gasteiger partial charge in [0.25, 0.3) is 0 Å². The van der Waals surface area contributed by atoms with Crippen molar-refractivity contribution in [1.82, 2.24) is 9.78 Å². The Balaban J connectivity index is 2.18. The predicted octanol–water partition coefficient (Wildman–Crippen LogP) is 3.96. The standard InChI is InChI=1S/C15H9F3N2/c16-11-8-13(18)15(9-12(11)17)20-14(6-7-19-20)10-4-2-1-3-5-10/h1-9H. The zero-order valence-electron chi connectivity index (χ0n) is 10.2. The van der Waals surface area contributed by atoms with Crippen molar-refractivity contribution in [2.45, 2.75) is 0 Å². The zero-order chi connectivity index (χ0) is 14.1. The molecule has 0 aliphatic heterocycles. The Morgan fingerprint density at radius 2 is 1.50 bits per heavy atom. The number of benzene rings is 2. The maximum Gasteiger partial charge on any atom is 0.161 e. The Morgan fingerprint density at radius 1 is 0.800 bits per heavy atom. The number of aromatic nitrogens is 2. The van der Waals surface area contributed by atoms with Crippen molar-refractivity contribution < 1.29 is 13.2 Å². The van der Waals surface area contributed by atoms with Gasteiger partial charge in [-0.05, 0) is 6.07 Å². The van der Waals surface area contributed by atoms with E-state index in [0.717, 1.165) is 11.6 Å². The lowest BCUT2D eigenvalue weighted by atomic mass is 10.1. The first-order valence-electron chi connectivity index (χ1n) is 5.91. The third-order valence-electron chi connectivity index (χ3n) is 2.93. The van der Waals surface area contributed by atoms with Gasteiger partial charge in [-0.25, -0.2) is 17.9 Å². The average molecular weight is 274 g/mol. The molecule has 0 amide bonds. The van der Waals surface area contributed by atoms with Crippen LogP contribution >= 0.6 is 0 Å². The van der Waals surface area contributed by atoms with Gasteiger partial charge in [0.2, 0.25) is 0 Å². The Labute approximate surface area is 113 Å². The molecule has 0 bridgehead atoms. The van der Waals surface area contributed by atoms with Gasteiger partial charge in [-0.15, -0.1) is 0 Å². The fourth-order valence-electron chi connectivity index (χ4n) is 2.00. The molecule has 0 N–H and O–H groups in total. The maximum atomic E-state index is 13.8. The minimum absolute atomic E-state index is 0.132. The van der Waals surface area contributed by atoms with Gasteiger partial charge < -0.3 is 0 Å². The number of rotatable bonds is 2. The average Bonchev–Trinajstić information content (AvgIpc) is 2.93. The molecule has 20 heavy (non-hydrogen) atoms. The van der Waals surface area contributed by atoms with E-state index < -0.39 is 17.5 Å². The van der Waals surface area contributed by atoms with Crippen LogP contribution in [0.2, 0.25) is 0 Å². The summed E-state index contributed by atoms with van der Waals surface area (Å²) in [4.78, 5) is 0. The van der Waals surface area contributed by atoms with E-state index in [-0.39, 0.29) is 5.69 Å². The normalized spacial score (nSPS) is 10.8. The van der Waals surface area contributed by atoms with Gasteiger partial charge in [0.1, 0.15) is 5.69 Å². The van der Waals surface area contributed by atoms with Gasteiger partial charge in [0.05, 0.1) is 11.9 Å². The molecule has 2 aromatic carbocycles. The predicted molar refractivity (Wildman–Crippen MR) is 68.9 cm³/mol. The van der Waals surface area contributed by atoms with Gasteiger partial charge >= 0.3 is 0 Å². The van der Waals surface area contributed by atoms with Gasteiger partial charge in [-0.1, -0.05) is 30.3 Å². The molecule has 100 valence electrons. The third kappa shape index (κ3) is 2.07. The van der Waals surface area contributed by atoms with Crippen LogP contribution in [0.5, 0.6) is 0 Å². The van der Waals surface area contributed by atoms with Crippen LogP contribution in [0.4, 0.5) is 13.2 Å². The number of hydrogen-bond acceptors (Lipinski definition) is 1. The monoisotopic (exact) mass is 274 g/mol. The molecule has 0 saturated carbocycles. The van der Waals surface area contributed by atoms with Crippen molar-refractivity contribution in [3.05, 3.63) is 72.2 Å². The fourth-order valence-corrected chi connectivity index (χ4v) is 2.00. The van der Waals surface area contributed by atoms with Crippen LogP contribution in [-0.2, 0) is 0 Å². The second-order valence-corrected chi connectivity index (χ2v) is 4.21. The van der Waals surface area contributed by atoms with Crippen molar-refractivity contribution in [2.75, 3.05) is 0 Å². The first-order chi connectivity index (χ1) is 9.66. The summed E-state index contributed by atoms with van der Waals surface area (Å²) in [6.07, 6.45) is 1.48. The highest BCUT2D eigenvalue weighted by Gasteiger charge is 2.15. The van der Waals surface area contributed by atoms with Crippen LogP contribution in [-0.4, -0.2) is 9.78 Å². The summed E-state index contributed by atoms with van der Waals surface area (Å²) in [5.74, 6) is -3.21. The molecule has 0 aliphatic rings. The van der Waals surface area contributed by atoms with Crippen molar-refractivity contribution >= 4 is 0 Å². The second-order valence-electron chi connectivity index (χ2n) is 4.21. The molecule has 2 nitrogen and oxygen atoms in total. The van der Waals surface area contributed by atoms with E-state index in [4.69, 9.17) is 0 Å². The smallest absolute Gasteiger partial charge is 0.161 e. The topological polar surface area (TPSA) is 17.8 Å². The fraction of sp³-hybridized carbons (Fsp3) is 0. The van der Waals surface area contributed by atoms with Crippen molar-refractivity contribution in [2.24, 2.45) is 0 Å². The largest absolute Gasteiger partial charge is 0.230 e. The third-order valence-corrected chi connectivity index (χ3v) is 2.93. The molecule has 0 fully saturated rings. The molecule has 3 aromatic rings. The molecule has 0 radical (unpaired) electrons. The number of nitrogens with zero attached hydrogens (tertiary/aromatic N) is 2. The van der Waals surface area contributed by atoms with Crippen molar-refractivity contribution in [1.29, 1.82) is 0 Å². The van der Waals surface area contributed by atoms with Crippen molar-refractivity contribution in [3.8, 4) is 16.9 Å². The van der Waals surface area contributed by atoms with Crippen LogP contribution in [0.3, 0.4) is 0 Å². The molecule has 5 heteroatoms.